The molecule has 1 fully saturated rings. The number of hydrogen-bond acceptors (Lipinski definition) is 7. The Bertz CT molecular complexity index is 1010. The SMILES string of the molecule is CCCCC(=O)NC(=O)c1ccc(-c2ccc(C(=O)OC(=O)[C@@H]3CCCN3)cc2N)cc1. The maximum absolute atomic E-state index is 12.3. The highest BCUT2D eigenvalue weighted by Crippen LogP contribution is 2.27. The lowest BCUT2D eigenvalue weighted by atomic mass is 10.00. The maximum atomic E-state index is 12.3. The van der Waals surface area contributed by atoms with Crippen LogP contribution in [0.25, 0.3) is 11.1 Å². The Morgan fingerprint density at radius 1 is 1.09 bits per heavy atom. The van der Waals surface area contributed by atoms with Gasteiger partial charge in [0.15, 0.2) is 0 Å². The second kappa shape index (κ2) is 10.7. The Hall–Kier alpha value is -3.52. The van der Waals surface area contributed by atoms with E-state index in [9.17, 15) is 19.2 Å². The molecule has 8 heteroatoms. The van der Waals surface area contributed by atoms with Crippen LogP contribution in [0.2, 0.25) is 0 Å². The second-order valence-electron chi connectivity index (χ2n) is 7.72. The van der Waals surface area contributed by atoms with Crippen LogP contribution in [0.1, 0.15) is 59.7 Å². The van der Waals surface area contributed by atoms with E-state index >= 15 is 0 Å². The summed E-state index contributed by atoms with van der Waals surface area (Å²) in [5.74, 6) is -2.08. The monoisotopic (exact) mass is 437 g/mol. The van der Waals surface area contributed by atoms with Crippen molar-refractivity contribution in [3.63, 3.8) is 0 Å². The number of carbonyl (C=O) groups is 4. The Morgan fingerprint density at radius 3 is 2.44 bits per heavy atom. The van der Waals surface area contributed by atoms with E-state index in [1.54, 1.807) is 30.3 Å². The van der Waals surface area contributed by atoms with E-state index < -0.39 is 23.9 Å². The first kappa shape index (κ1) is 23.1. The van der Waals surface area contributed by atoms with Crippen molar-refractivity contribution >= 4 is 29.4 Å². The van der Waals surface area contributed by atoms with Crippen molar-refractivity contribution < 1.29 is 23.9 Å². The molecular formula is C24H27N3O5. The Morgan fingerprint density at radius 2 is 1.81 bits per heavy atom. The van der Waals surface area contributed by atoms with Crippen LogP contribution in [0.15, 0.2) is 42.5 Å². The number of nitrogens with two attached hydrogens (primary N) is 1. The summed E-state index contributed by atoms with van der Waals surface area (Å²) >= 11 is 0. The number of benzene rings is 2. The molecule has 2 amide bonds. The third-order valence-electron chi connectivity index (χ3n) is 5.29. The number of ether oxygens (including phenoxy) is 1. The van der Waals surface area contributed by atoms with Gasteiger partial charge in [0.25, 0.3) is 5.91 Å². The molecule has 4 N–H and O–H groups in total. The Labute approximate surface area is 186 Å². The smallest absolute Gasteiger partial charge is 0.345 e. The second-order valence-corrected chi connectivity index (χ2v) is 7.72. The summed E-state index contributed by atoms with van der Waals surface area (Å²) in [5, 5.41) is 5.36. The van der Waals surface area contributed by atoms with E-state index in [4.69, 9.17) is 10.5 Å². The minimum Gasteiger partial charge on any atom is -0.398 e. The molecule has 0 aromatic heterocycles. The summed E-state index contributed by atoms with van der Waals surface area (Å²) in [6.07, 6.45) is 3.43. The van der Waals surface area contributed by atoms with Gasteiger partial charge in [-0.2, -0.15) is 0 Å². The fraction of sp³-hybridized carbons (Fsp3) is 0.333. The van der Waals surface area contributed by atoms with Crippen molar-refractivity contribution in [1.82, 2.24) is 10.6 Å². The number of rotatable bonds is 7. The van der Waals surface area contributed by atoms with Gasteiger partial charge in [-0.3, -0.25) is 14.9 Å². The van der Waals surface area contributed by atoms with E-state index in [0.717, 1.165) is 31.4 Å². The van der Waals surface area contributed by atoms with Gasteiger partial charge in [0.1, 0.15) is 6.04 Å². The molecule has 0 aliphatic carbocycles. The van der Waals surface area contributed by atoms with Crippen LogP contribution in [0.4, 0.5) is 5.69 Å². The molecule has 1 atom stereocenters. The largest absolute Gasteiger partial charge is 0.398 e. The molecule has 8 nitrogen and oxygen atoms in total. The number of nitrogens with one attached hydrogen (secondary N) is 2. The van der Waals surface area contributed by atoms with Crippen LogP contribution in [-0.2, 0) is 14.3 Å². The predicted molar refractivity (Wildman–Crippen MR) is 120 cm³/mol. The average molecular weight is 437 g/mol. The first-order valence-corrected chi connectivity index (χ1v) is 10.7. The zero-order chi connectivity index (χ0) is 23.1. The zero-order valence-electron chi connectivity index (χ0n) is 18.0. The molecular weight excluding hydrogens is 410 g/mol. The number of esters is 2. The lowest BCUT2D eigenvalue weighted by molar-refractivity contribution is -0.140. The van der Waals surface area contributed by atoms with Crippen molar-refractivity contribution in [3.05, 3.63) is 53.6 Å². The van der Waals surface area contributed by atoms with Crippen LogP contribution in [0.3, 0.4) is 0 Å². The number of imide groups is 1. The van der Waals surface area contributed by atoms with E-state index in [0.29, 0.717) is 29.7 Å². The number of amides is 2. The molecule has 2 aromatic carbocycles. The van der Waals surface area contributed by atoms with E-state index in [-0.39, 0.29) is 11.5 Å². The van der Waals surface area contributed by atoms with Gasteiger partial charge < -0.3 is 15.8 Å². The Kier molecular flexibility index (Phi) is 7.72. The summed E-state index contributed by atoms with van der Waals surface area (Å²) in [7, 11) is 0. The normalized spacial score (nSPS) is 15.2. The summed E-state index contributed by atoms with van der Waals surface area (Å²) in [6.45, 7) is 2.70. The van der Waals surface area contributed by atoms with Gasteiger partial charge in [-0.25, -0.2) is 9.59 Å². The first-order chi connectivity index (χ1) is 15.4. The first-order valence-electron chi connectivity index (χ1n) is 10.7. The molecule has 1 aliphatic heterocycles. The molecule has 0 saturated carbocycles. The lowest BCUT2D eigenvalue weighted by Crippen LogP contribution is -2.33. The molecule has 0 spiro atoms. The van der Waals surface area contributed by atoms with Gasteiger partial charge in [-0.05, 0) is 55.6 Å². The molecule has 0 bridgehead atoms. The summed E-state index contributed by atoms with van der Waals surface area (Å²) in [5.41, 5.74) is 8.40. The third kappa shape index (κ3) is 5.79. The molecule has 1 aliphatic rings. The highest BCUT2D eigenvalue weighted by molar-refractivity contribution is 6.05. The topological polar surface area (TPSA) is 128 Å². The highest BCUT2D eigenvalue weighted by atomic mass is 16.6. The molecule has 0 radical (unpaired) electrons. The number of carbonyl (C=O) groups excluding carboxylic acids is 4. The van der Waals surface area contributed by atoms with Gasteiger partial charge in [-0.1, -0.05) is 31.5 Å². The van der Waals surface area contributed by atoms with Gasteiger partial charge in [0.05, 0.1) is 5.56 Å². The number of anilines is 1. The van der Waals surface area contributed by atoms with Gasteiger partial charge in [0.2, 0.25) is 5.91 Å². The van der Waals surface area contributed by atoms with Gasteiger partial charge >= 0.3 is 11.9 Å². The number of nitrogen functional groups attached to an aromatic ring is 1. The molecule has 1 saturated heterocycles. The van der Waals surface area contributed by atoms with Crippen LogP contribution in [0.5, 0.6) is 0 Å². The van der Waals surface area contributed by atoms with E-state index in [2.05, 4.69) is 10.6 Å². The summed E-state index contributed by atoms with van der Waals surface area (Å²) in [6, 6.07) is 10.8. The molecule has 3 rings (SSSR count). The van der Waals surface area contributed by atoms with Crippen LogP contribution in [0, 0.1) is 0 Å². The van der Waals surface area contributed by atoms with Crippen molar-refractivity contribution in [2.45, 2.75) is 45.1 Å². The predicted octanol–water partition coefficient (Wildman–Crippen LogP) is 2.82. The molecule has 168 valence electrons. The summed E-state index contributed by atoms with van der Waals surface area (Å²) < 4.78 is 4.95. The van der Waals surface area contributed by atoms with Crippen molar-refractivity contribution in [3.8, 4) is 11.1 Å². The van der Waals surface area contributed by atoms with Gasteiger partial charge in [0, 0.05) is 23.2 Å². The standard InChI is InChI=1S/C24H27N3O5/c1-2-3-6-21(28)27-22(29)16-9-7-15(8-10-16)18-12-11-17(14-19(18)25)23(30)32-24(31)20-5-4-13-26-20/h7-12,14,20,26H,2-6,13,25H2,1H3,(H,27,28,29)/t20-/m0/s1. The third-order valence-corrected chi connectivity index (χ3v) is 5.29. The van der Waals surface area contributed by atoms with Crippen LogP contribution >= 0.6 is 0 Å². The molecule has 1 heterocycles. The number of unbranched alkanes of at least 4 members (excludes halogenated alkanes) is 1. The molecule has 32 heavy (non-hydrogen) atoms. The van der Waals surface area contributed by atoms with Crippen molar-refractivity contribution in [2.24, 2.45) is 0 Å². The van der Waals surface area contributed by atoms with Gasteiger partial charge in [-0.15, -0.1) is 0 Å². The van der Waals surface area contributed by atoms with Crippen molar-refractivity contribution in [2.75, 3.05) is 12.3 Å². The maximum Gasteiger partial charge on any atom is 0.345 e. The zero-order valence-corrected chi connectivity index (χ0v) is 18.0. The van der Waals surface area contributed by atoms with E-state index in [1.807, 2.05) is 6.92 Å². The molecule has 2 aromatic rings. The van der Waals surface area contributed by atoms with Crippen LogP contribution in [-0.4, -0.2) is 36.3 Å². The number of hydrogen-bond donors (Lipinski definition) is 3. The minimum absolute atomic E-state index is 0.180. The van der Waals surface area contributed by atoms with Crippen LogP contribution < -0.4 is 16.4 Å². The minimum atomic E-state index is -0.748. The Balaban J connectivity index is 1.65. The fourth-order valence-corrected chi connectivity index (χ4v) is 3.46. The lowest BCUT2D eigenvalue weighted by Gasteiger charge is -2.11. The average Bonchev–Trinajstić information content (AvgIpc) is 3.33. The van der Waals surface area contributed by atoms with E-state index in [1.165, 1.54) is 12.1 Å². The van der Waals surface area contributed by atoms with Crippen molar-refractivity contribution in [1.29, 1.82) is 0 Å². The summed E-state index contributed by atoms with van der Waals surface area (Å²) in [4.78, 5) is 48.2. The quantitative estimate of drug-likeness (QED) is 0.345. The molecule has 0 unspecified atom stereocenters. The highest BCUT2D eigenvalue weighted by Gasteiger charge is 2.26. The fourth-order valence-electron chi connectivity index (χ4n) is 3.46.